The fourth-order valence-corrected chi connectivity index (χ4v) is 2.28. The van der Waals surface area contributed by atoms with Gasteiger partial charge in [-0.25, -0.2) is 13.6 Å². The summed E-state index contributed by atoms with van der Waals surface area (Å²) in [7, 11) is 0. The third-order valence-electron chi connectivity index (χ3n) is 3.50. The van der Waals surface area contributed by atoms with E-state index in [9.17, 15) is 13.6 Å². The Kier molecular flexibility index (Phi) is 4.89. The molecule has 1 aliphatic rings. The van der Waals surface area contributed by atoms with Gasteiger partial charge in [-0.15, -0.1) is 0 Å². The SMILES string of the molecule is CCN1CCCN(C(=O)Nc2ccc(F)cc2F)CC1. The van der Waals surface area contributed by atoms with Crippen molar-refractivity contribution in [1.29, 1.82) is 0 Å². The van der Waals surface area contributed by atoms with Crippen LogP contribution in [-0.2, 0) is 0 Å². The summed E-state index contributed by atoms with van der Waals surface area (Å²) in [6.07, 6.45) is 0.896. The first kappa shape index (κ1) is 14.7. The van der Waals surface area contributed by atoms with Gasteiger partial charge >= 0.3 is 6.03 Å². The number of halogens is 2. The number of anilines is 1. The highest BCUT2D eigenvalue weighted by Crippen LogP contribution is 2.16. The summed E-state index contributed by atoms with van der Waals surface area (Å²) in [5.74, 6) is -1.42. The highest BCUT2D eigenvalue weighted by atomic mass is 19.1. The van der Waals surface area contributed by atoms with E-state index in [1.54, 1.807) is 4.90 Å². The summed E-state index contributed by atoms with van der Waals surface area (Å²) in [6.45, 7) is 6.08. The molecule has 4 nitrogen and oxygen atoms in total. The second kappa shape index (κ2) is 6.65. The van der Waals surface area contributed by atoms with Gasteiger partial charge in [0.1, 0.15) is 11.6 Å². The molecule has 1 aromatic carbocycles. The van der Waals surface area contributed by atoms with E-state index in [1.807, 2.05) is 0 Å². The van der Waals surface area contributed by atoms with Crippen molar-refractivity contribution < 1.29 is 13.6 Å². The minimum atomic E-state index is -0.761. The van der Waals surface area contributed by atoms with Crippen molar-refractivity contribution in [3.8, 4) is 0 Å². The number of rotatable bonds is 2. The van der Waals surface area contributed by atoms with Crippen molar-refractivity contribution in [1.82, 2.24) is 9.80 Å². The van der Waals surface area contributed by atoms with Gasteiger partial charge in [0.25, 0.3) is 0 Å². The lowest BCUT2D eigenvalue weighted by atomic mass is 10.3. The third kappa shape index (κ3) is 3.66. The topological polar surface area (TPSA) is 35.6 Å². The van der Waals surface area contributed by atoms with Gasteiger partial charge in [-0.2, -0.15) is 0 Å². The van der Waals surface area contributed by atoms with Crippen molar-refractivity contribution in [3.05, 3.63) is 29.8 Å². The molecule has 0 atom stereocenters. The molecule has 1 fully saturated rings. The highest BCUT2D eigenvalue weighted by molar-refractivity contribution is 5.89. The lowest BCUT2D eigenvalue weighted by Crippen LogP contribution is -2.38. The Morgan fingerprint density at radius 2 is 2.05 bits per heavy atom. The Bertz CT molecular complexity index is 481. The molecule has 6 heteroatoms. The van der Waals surface area contributed by atoms with Gasteiger partial charge in [0, 0.05) is 25.7 Å². The maximum Gasteiger partial charge on any atom is 0.321 e. The van der Waals surface area contributed by atoms with Gasteiger partial charge in [-0.1, -0.05) is 6.92 Å². The molecule has 1 aliphatic heterocycles. The predicted molar refractivity (Wildman–Crippen MR) is 73.7 cm³/mol. The number of hydrogen-bond acceptors (Lipinski definition) is 2. The molecule has 0 bridgehead atoms. The summed E-state index contributed by atoms with van der Waals surface area (Å²) in [5.41, 5.74) is 0.00740. The number of benzene rings is 1. The van der Waals surface area contributed by atoms with Crippen LogP contribution in [0.1, 0.15) is 13.3 Å². The Balaban J connectivity index is 1.97. The van der Waals surface area contributed by atoms with Crippen LogP contribution in [0.5, 0.6) is 0 Å². The molecule has 20 heavy (non-hydrogen) atoms. The Hall–Kier alpha value is -1.69. The number of amides is 2. The monoisotopic (exact) mass is 283 g/mol. The third-order valence-corrected chi connectivity index (χ3v) is 3.50. The summed E-state index contributed by atoms with van der Waals surface area (Å²) in [4.78, 5) is 16.0. The van der Waals surface area contributed by atoms with E-state index in [0.29, 0.717) is 13.1 Å². The van der Waals surface area contributed by atoms with E-state index < -0.39 is 11.6 Å². The summed E-state index contributed by atoms with van der Waals surface area (Å²) >= 11 is 0. The van der Waals surface area contributed by atoms with E-state index in [1.165, 1.54) is 6.07 Å². The van der Waals surface area contributed by atoms with Crippen molar-refractivity contribution in [2.45, 2.75) is 13.3 Å². The molecule has 0 aromatic heterocycles. The Labute approximate surface area is 117 Å². The molecular weight excluding hydrogens is 264 g/mol. The zero-order chi connectivity index (χ0) is 14.5. The smallest absolute Gasteiger partial charge is 0.321 e. The molecule has 0 unspecified atom stereocenters. The largest absolute Gasteiger partial charge is 0.323 e. The minimum Gasteiger partial charge on any atom is -0.323 e. The maximum absolute atomic E-state index is 13.5. The van der Waals surface area contributed by atoms with E-state index in [0.717, 1.165) is 38.2 Å². The first-order valence-electron chi connectivity index (χ1n) is 6.83. The van der Waals surface area contributed by atoms with Gasteiger partial charge in [0.15, 0.2) is 0 Å². The van der Waals surface area contributed by atoms with Crippen LogP contribution in [0.25, 0.3) is 0 Å². The van der Waals surface area contributed by atoms with Crippen LogP contribution < -0.4 is 5.32 Å². The summed E-state index contributed by atoms with van der Waals surface area (Å²) in [6, 6.07) is 2.78. The normalized spacial score (nSPS) is 16.9. The zero-order valence-corrected chi connectivity index (χ0v) is 11.5. The first-order chi connectivity index (χ1) is 9.60. The predicted octanol–water partition coefficient (Wildman–Crippen LogP) is 2.52. The Morgan fingerprint density at radius 3 is 2.75 bits per heavy atom. The number of carbonyl (C=O) groups excluding carboxylic acids is 1. The van der Waals surface area contributed by atoms with Gasteiger partial charge in [0.05, 0.1) is 5.69 Å². The second-order valence-corrected chi connectivity index (χ2v) is 4.83. The van der Waals surface area contributed by atoms with Crippen LogP contribution >= 0.6 is 0 Å². The van der Waals surface area contributed by atoms with Gasteiger partial charge in [-0.05, 0) is 31.6 Å². The lowest BCUT2D eigenvalue weighted by molar-refractivity contribution is 0.212. The van der Waals surface area contributed by atoms with Crippen LogP contribution in [0, 0.1) is 11.6 Å². The van der Waals surface area contributed by atoms with E-state index in [-0.39, 0.29) is 11.7 Å². The van der Waals surface area contributed by atoms with Gasteiger partial charge in [-0.3, -0.25) is 0 Å². The van der Waals surface area contributed by atoms with Gasteiger partial charge < -0.3 is 15.1 Å². The molecule has 2 amide bonds. The Morgan fingerprint density at radius 1 is 1.25 bits per heavy atom. The quantitative estimate of drug-likeness (QED) is 0.905. The number of likely N-dealkylation sites (N-methyl/N-ethyl adjacent to an activating group) is 1. The molecule has 1 heterocycles. The van der Waals surface area contributed by atoms with Crippen molar-refractivity contribution in [2.75, 3.05) is 38.0 Å². The van der Waals surface area contributed by atoms with Gasteiger partial charge in [0.2, 0.25) is 0 Å². The maximum atomic E-state index is 13.5. The standard InChI is InChI=1S/C14H19F2N3O/c1-2-18-6-3-7-19(9-8-18)14(20)17-13-5-4-11(15)10-12(13)16/h4-5,10H,2-3,6-9H2,1H3,(H,17,20). The van der Waals surface area contributed by atoms with E-state index in [4.69, 9.17) is 0 Å². The minimum absolute atomic E-state index is 0.00740. The van der Waals surface area contributed by atoms with Crippen LogP contribution in [0.2, 0.25) is 0 Å². The molecule has 1 aromatic rings. The molecule has 1 N–H and O–H groups in total. The summed E-state index contributed by atoms with van der Waals surface area (Å²) < 4.78 is 26.3. The van der Waals surface area contributed by atoms with E-state index in [2.05, 4.69) is 17.1 Å². The molecule has 0 aliphatic carbocycles. The average Bonchev–Trinajstić information content (AvgIpc) is 2.67. The highest BCUT2D eigenvalue weighted by Gasteiger charge is 2.19. The second-order valence-electron chi connectivity index (χ2n) is 4.83. The molecule has 110 valence electrons. The van der Waals surface area contributed by atoms with Crippen molar-refractivity contribution >= 4 is 11.7 Å². The number of nitrogens with zero attached hydrogens (tertiary/aromatic N) is 2. The van der Waals surface area contributed by atoms with Crippen molar-refractivity contribution in [3.63, 3.8) is 0 Å². The fourth-order valence-electron chi connectivity index (χ4n) is 2.28. The molecule has 0 saturated carbocycles. The van der Waals surface area contributed by atoms with Crippen LogP contribution in [0.3, 0.4) is 0 Å². The number of urea groups is 1. The average molecular weight is 283 g/mol. The van der Waals surface area contributed by atoms with E-state index >= 15 is 0 Å². The number of nitrogens with one attached hydrogen (secondary N) is 1. The molecular formula is C14H19F2N3O. The van der Waals surface area contributed by atoms with Crippen molar-refractivity contribution in [2.24, 2.45) is 0 Å². The lowest BCUT2D eigenvalue weighted by Gasteiger charge is -2.21. The van der Waals surface area contributed by atoms with Crippen LogP contribution in [0.4, 0.5) is 19.3 Å². The molecule has 0 spiro atoms. The number of carbonyl (C=O) groups is 1. The first-order valence-corrected chi connectivity index (χ1v) is 6.83. The fraction of sp³-hybridized carbons (Fsp3) is 0.500. The molecule has 2 rings (SSSR count). The summed E-state index contributed by atoms with van der Waals surface area (Å²) in [5, 5.41) is 2.49. The molecule has 0 radical (unpaired) electrons. The van der Waals surface area contributed by atoms with Crippen LogP contribution in [-0.4, -0.2) is 48.6 Å². The zero-order valence-electron chi connectivity index (χ0n) is 11.5. The van der Waals surface area contributed by atoms with Crippen LogP contribution in [0.15, 0.2) is 18.2 Å². The number of hydrogen-bond donors (Lipinski definition) is 1. The molecule has 1 saturated heterocycles.